The van der Waals surface area contributed by atoms with Crippen LogP contribution in [0.15, 0.2) is 39.5 Å². The number of carbonyl (C=O) groups excluding carboxylic acids is 1. The van der Waals surface area contributed by atoms with Gasteiger partial charge in [-0.25, -0.2) is 9.80 Å². The van der Waals surface area contributed by atoms with E-state index in [0.717, 1.165) is 4.57 Å². The first-order chi connectivity index (χ1) is 15.8. The van der Waals surface area contributed by atoms with Gasteiger partial charge in [0.2, 0.25) is 17.5 Å². The number of hydrazone groups is 1. The van der Waals surface area contributed by atoms with Crippen LogP contribution in [0.25, 0.3) is 0 Å². The summed E-state index contributed by atoms with van der Waals surface area (Å²) in [6.07, 6.45) is 1.64. The number of aromatic hydroxyl groups is 1. The lowest BCUT2D eigenvalue weighted by molar-refractivity contribution is -0.132. The van der Waals surface area contributed by atoms with Gasteiger partial charge in [-0.2, -0.15) is 5.10 Å². The summed E-state index contributed by atoms with van der Waals surface area (Å²) in [5.74, 6) is 0.279. The molecule has 1 amide bonds. The van der Waals surface area contributed by atoms with E-state index in [1.165, 1.54) is 32.4 Å². The predicted octanol–water partition coefficient (Wildman–Crippen LogP) is 1.54. The molecule has 0 bridgehead atoms. The number of ether oxygens (including phenoxy) is 3. The molecule has 2 heterocycles. The molecule has 11 nitrogen and oxygen atoms in total. The Hall–Kier alpha value is -4.02. The van der Waals surface area contributed by atoms with Gasteiger partial charge >= 0.3 is 5.69 Å². The molecule has 33 heavy (non-hydrogen) atoms. The van der Waals surface area contributed by atoms with Crippen molar-refractivity contribution in [2.45, 2.75) is 32.4 Å². The summed E-state index contributed by atoms with van der Waals surface area (Å²) >= 11 is 0. The number of methoxy groups -OCH3 is 3. The van der Waals surface area contributed by atoms with E-state index in [0.29, 0.717) is 22.8 Å². The molecule has 0 spiro atoms. The Morgan fingerprint density at radius 1 is 1.24 bits per heavy atom. The zero-order valence-corrected chi connectivity index (χ0v) is 18.9. The minimum Gasteiger partial charge on any atom is -0.494 e. The van der Waals surface area contributed by atoms with Gasteiger partial charge in [-0.15, -0.1) is 6.58 Å². The van der Waals surface area contributed by atoms with Crippen LogP contribution in [-0.2, 0) is 11.3 Å². The maximum Gasteiger partial charge on any atom is 0.331 e. The lowest BCUT2D eigenvalue weighted by Gasteiger charge is -2.24. The number of amides is 1. The molecular weight excluding hydrogens is 432 g/mol. The van der Waals surface area contributed by atoms with Crippen molar-refractivity contribution in [2.24, 2.45) is 5.10 Å². The molecule has 2 aromatic rings. The minimum atomic E-state index is -0.805. The van der Waals surface area contributed by atoms with E-state index < -0.39 is 23.2 Å². The van der Waals surface area contributed by atoms with E-state index in [4.69, 9.17) is 14.2 Å². The summed E-state index contributed by atoms with van der Waals surface area (Å²) in [6, 6.07) is 2.75. The number of nitrogens with zero attached hydrogens (tertiary/aromatic N) is 3. The van der Waals surface area contributed by atoms with Crippen LogP contribution in [0.2, 0.25) is 0 Å². The van der Waals surface area contributed by atoms with E-state index in [-0.39, 0.29) is 36.6 Å². The molecule has 0 unspecified atom stereocenters. The Morgan fingerprint density at radius 2 is 1.94 bits per heavy atom. The highest BCUT2D eigenvalue weighted by molar-refractivity contribution is 6.04. The SMILES string of the molecule is C=CCn1c(O)c(C2=NN(C(=O)CC)[C@@H](c3ccc(OC)c(OC)c3OC)C2)c(=O)[nH]c1=O. The lowest BCUT2D eigenvalue weighted by Crippen LogP contribution is -2.33. The molecule has 0 radical (unpaired) electrons. The number of aromatic nitrogens is 2. The summed E-state index contributed by atoms with van der Waals surface area (Å²) in [6.45, 7) is 5.22. The topological polar surface area (TPSA) is 135 Å². The van der Waals surface area contributed by atoms with Gasteiger partial charge in [0.05, 0.1) is 33.1 Å². The zero-order chi connectivity index (χ0) is 24.3. The van der Waals surface area contributed by atoms with Crippen molar-refractivity contribution in [3.8, 4) is 23.1 Å². The molecular formula is C22H26N4O7. The molecule has 1 aromatic carbocycles. The van der Waals surface area contributed by atoms with Crippen LogP contribution in [0.4, 0.5) is 0 Å². The van der Waals surface area contributed by atoms with Crippen molar-refractivity contribution >= 4 is 11.6 Å². The molecule has 1 aliphatic rings. The van der Waals surface area contributed by atoms with Gasteiger partial charge in [0, 0.05) is 24.9 Å². The highest BCUT2D eigenvalue weighted by atomic mass is 16.5. The van der Waals surface area contributed by atoms with Crippen LogP contribution in [0.1, 0.15) is 36.9 Å². The third-order valence-corrected chi connectivity index (χ3v) is 5.33. The molecule has 1 atom stereocenters. The Balaban J connectivity index is 2.18. The van der Waals surface area contributed by atoms with Crippen molar-refractivity contribution in [3.63, 3.8) is 0 Å². The van der Waals surface area contributed by atoms with Crippen LogP contribution >= 0.6 is 0 Å². The van der Waals surface area contributed by atoms with E-state index in [2.05, 4.69) is 16.7 Å². The Morgan fingerprint density at radius 3 is 2.52 bits per heavy atom. The number of hydrogen-bond donors (Lipinski definition) is 2. The average Bonchev–Trinajstić information content (AvgIpc) is 3.24. The van der Waals surface area contributed by atoms with Crippen molar-refractivity contribution in [3.05, 3.63) is 56.8 Å². The number of benzene rings is 1. The Labute approximate surface area is 189 Å². The van der Waals surface area contributed by atoms with Crippen molar-refractivity contribution in [2.75, 3.05) is 21.3 Å². The summed E-state index contributed by atoms with van der Waals surface area (Å²) < 4.78 is 17.3. The number of carbonyl (C=O) groups is 1. The van der Waals surface area contributed by atoms with Crippen LogP contribution < -0.4 is 25.5 Å². The largest absolute Gasteiger partial charge is 0.494 e. The van der Waals surface area contributed by atoms with E-state index in [9.17, 15) is 19.5 Å². The van der Waals surface area contributed by atoms with Gasteiger partial charge < -0.3 is 19.3 Å². The minimum absolute atomic E-state index is 0.0216. The standard InChI is InChI=1S/C22H26N4O7/c1-6-10-25-21(29)17(20(28)23-22(25)30)13-11-14(26(24-13)16(27)7-2)12-8-9-15(31-3)19(33-5)18(12)32-4/h6,8-9,14,29H,1,7,10-11H2,2-5H3,(H,23,28,30)/t14-/m1/s1. The lowest BCUT2D eigenvalue weighted by atomic mass is 9.97. The molecule has 2 N–H and O–H groups in total. The Kier molecular flexibility index (Phi) is 6.90. The van der Waals surface area contributed by atoms with Gasteiger partial charge in [0.25, 0.3) is 5.56 Å². The van der Waals surface area contributed by atoms with Crippen molar-refractivity contribution in [1.29, 1.82) is 0 Å². The van der Waals surface area contributed by atoms with Gasteiger partial charge in [0.15, 0.2) is 11.5 Å². The van der Waals surface area contributed by atoms with E-state index in [1.54, 1.807) is 19.1 Å². The fourth-order valence-corrected chi connectivity index (χ4v) is 3.80. The third-order valence-electron chi connectivity index (χ3n) is 5.33. The van der Waals surface area contributed by atoms with Crippen LogP contribution in [-0.4, -0.2) is 52.6 Å². The van der Waals surface area contributed by atoms with Gasteiger partial charge in [-0.1, -0.05) is 13.0 Å². The van der Waals surface area contributed by atoms with Gasteiger partial charge in [0.1, 0.15) is 5.56 Å². The maximum atomic E-state index is 12.8. The third kappa shape index (κ3) is 4.09. The second kappa shape index (κ2) is 9.63. The number of hydrogen-bond acceptors (Lipinski definition) is 8. The summed E-state index contributed by atoms with van der Waals surface area (Å²) in [5.41, 5.74) is -1.05. The maximum absolute atomic E-state index is 12.8. The molecule has 3 rings (SSSR count). The molecule has 0 fully saturated rings. The normalized spacial score (nSPS) is 15.2. The van der Waals surface area contributed by atoms with Crippen molar-refractivity contribution in [1.82, 2.24) is 14.6 Å². The fourth-order valence-electron chi connectivity index (χ4n) is 3.80. The molecule has 176 valence electrons. The first-order valence-electron chi connectivity index (χ1n) is 10.2. The first kappa shape index (κ1) is 23.6. The quantitative estimate of drug-likeness (QED) is 0.573. The van der Waals surface area contributed by atoms with Gasteiger partial charge in [-0.05, 0) is 12.1 Å². The van der Waals surface area contributed by atoms with Crippen LogP contribution in [0.3, 0.4) is 0 Å². The number of H-pyrrole nitrogens is 1. The van der Waals surface area contributed by atoms with Crippen molar-refractivity contribution < 1.29 is 24.1 Å². The highest BCUT2D eigenvalue weighted by Gasteiger charge is 2.37. The molecule has 0 aliphatic carbocycles. The van der Waals surface area contributed by atoms with E-state index in [1.807, 2.05) is 0 Å². The smallest absolute Gasteiger partial charge is 0.331 e. The molecule has 1 aliphatic heterocycles. The molecule has 0 saturated carbocycles. The Bertz CT molecular complexity index is 1230. The number of allylic oxidation sites excluding steroid dienone is 1. The number of rotatable bonds is 8. The van der Waals surface area contributed by atoms with Crippen LogP contribution in [0, 0.1) is 0 Å². The number of aromatic amines is 1. The van der Waals surface area contributed by atoms with E-state index >= 15 is 0 Å². The summed E-state index contributed by atoms with van der Waals surface area (Å²) in [4.78, 5) is 39.6. The molecule has 0 saturated heterocycles. The molecule has 11 heteroatoms. The molecule has 1 aromatic heterocycles. The second-order valence-corrected chi connectivity index (χ2v) is 7.14. The summed E-state index contributed by atoms with van der Waals surface area (Å²) in [5, 5.41) is 16.3. The fraction of sp³-hybridized carbons (Fsp3) is 0.364. The number of nitrogens with one attached hydrogen (secondary N) is 1. The monoisotopic (exact) mass is 458 g/mol. The van der Waals surface area contributed by atoms with Gasteiger partial charge in [-0.3, -0.25) is 19.1 Å². The zero-order valence-electron chi connectivity index (χ0n) is 18.9. The van der Waals surface area contributed by atoms with Crippen LogP contribution in [0.5, 0.6) is 23.1 Å². The predicted molar refractivity (Wildman–Crippen MR) is 120 cm³/mol. The first-order valence-corrected chi connectivity index (χ1v) is 10.2. The highest BCUT2D eigenvalue weighted by Crippen LogP contribution is 2.46. The summed E-state index contributed by atoms with van der Waals surface area (Å²) in [7, 11) is 4.43. The average molecular weight is 458 g/mol. The second-order valence-electron chi connectivity index (χ2n) is 7.14.